The summed E-state index contributed by atoms with van der Waals surface area (Å²) < 4.78 is 26.8. The summed E-state index contributed by atoms with van der Waals surface area (Å²) in [5.41, 5.74) is 0. The van der Waals surface area contributed by atoms with Gasteiger partial charge in [-0.1, -0.05) is 34.8 Å². The van der Waals surface area contributed by atoms with Crippen molar-refractivity contribution in [3.8, 4) is 0 Å². The van der Waals surface area contributed by atoms with E-state index in [2.05, 4.69) is 5.32 Å². The highest BCUT2D eigenvalue weighted by atomic mass is 35.5. The molecular weight excluding hydrogens is 378 g/mol. The molecule has 1 N–H and O–H groups in total. The van der Waals surface area contributed by atoms with Crippen LogP contribution in [0.2, 0.25) is 15.1 Å². The molecule has 9 heteroatoms. The second-order valence-electron chi connectivity index (χ2n) is 4.69. The lowest BCUT2D eigenvalue weighted by Gasteiger charge is -2.32. The smallest absolute Gasteiger partial charge is 0.246 e. The Balaban J connectivity index is 0.00000220. The minimum atomic E-state index is -3.71. The van der Waals surface area contributed by atoms with E-state index in [1.165, 1.54) is 16.4 Å². The number of hydrogen-bond acceptors (Lipinski definition) is 3. The maximum absolute atomic E-state index is 12.7. The fourth-order valence-corrected chi connectivity index (χ4v) is 5.32. The Morgan fingerprint density at radius 2 is 1.81 bits per heavy atom. The fraction of sp³-hybridized carbons (Fsp3) is 0.500. The van der Waals surface area contributed by atoms with Crippen LogP contribution in [0.5, 0.6) is 0 Å². The first-order valence-corrected chi connectivity index (χ1v) is 8.75. The molecule has 0 aliphatic carbocycles. The van der Waals surface area contributed by atoms with Gasteiger partial charge in [0, 0.05) is 24.2 Å². The van der Waals surface area contributed by atoms with E-state index in [9.17, 15) is 8.42 Å². The van der Waals surface area contributed by atoms with Crippen LogP contribution in [0.3, 0.4) is 0 Å². The Hall–Kier alpha value is 0.250. The number of rotatable bonds is 3. The van der Waals surface area contributed by atoms with E-state index in [0.29, 0.717) is 18.1 Å². The van der Waals surface area contributed by atoms with Crippen molar-refractivity contribution in [3.63, 3.8) is 0 Å². The van der Waals surface area contributed by atoms with Crippen LogP contribution in [0.4, 0.5) is 0 Å². The molecule has 1 saturated heterocycles. The average molecular weight is 394 g/mol. The Morgan fingerprint density at radius 1 is 1.24 bits per heavy atom. The quantitative estimate of drug-likeness (QED) is 0.855. The summed E-state index contributed by atoms with van der Waals surface area (Å²) in [4.78, 5) is -0.0676. The molecule has 0 aromatic heterocycles. The molecule has 1 atom stereocenters. The normalized spacial score (nSPS) is 20.1. The molecule has 1 aromatic rings. The number of hydrogen-bond donors (Lipinski definition) is 1. The zero-order valence-corrected chi connectivity index (χ0v) is 15.2. The second-order valence-corrected chi connectivity index (χ2v) is 7.82. The summed E-state index contributed by atoms with van der Waals surface area (Å²) in [5.74, 6) is 0. The molecule has 0 radical (unpaired) electrons. The predicted molar refractivity (Wildman–Crippen MR) is 89.6 cm³/mol. The number of halogens is 4. The summed E-state index contributed by atoms with van der Waals surface area (Å²) in [5, 5.41) is 3.51. The first-order chi connectivity index (χ1) is 9.36. The van der Waals surface area contributed by atoms with Crippen LogP contribution in [0.15, 0.2) is 17.0 Å². The third-order valence-corrected chi connectivity index (χ3v) is 6.36. The van der Waals surface area contributed by atoms with Crippen molar-refractivity contribution in [1.29, 1.82) is 0 Å². The number of sulfonamides is 1. The van der Waals surface area contributed by atoms with E-state index in [0.717, 1.165) is 12.8 Å². The summed E-state index contributed by atoms with van der Waals surface area (Å²) in [6.07, 6.45) is 1.75. The average Bonchev–Trinajstić information content (AvgIpc) is 2.37. The molecule has 4 nitrogen and oxygen atoms in total. The monoisotopic (exact) mass is 392 g/mol. The lowest BCUT2D eigenvalue weighted by molar-refractivity contribution is 0.293. The van der Waals surface area contributed by atoms with Gasteiger partial charge in [-0.05, 0) is 32.0 Å². The van der Waals surface area contributed by atoms with Crippen molar-refractivity contribution in [1.82, 2.24) is 9.62 Å². The zero-order chi connectivity index (χ0) is 14.9. The van der Waals surface area contributed by atoms with E-state index in [-0.39, 0.29) is 33.4 Å². The lowest BCUT2D eigenvalue weighted by atomic mass is 10.1. The van der Waals surface area contributed by atoms with Crippen molar-refractivity contribution < 1.29 is 8.42 Å². The predicted octanol–water partition coefficient (Wildman–Crippen LogP) is 3.44. The van der Waals surface area contributed by atoms with Crippen LogP contribution in [-0.2, 0) is 10.0 Å². The van der Waals surface area contributed by atoms with E-state index in [1.54, 1.807) is 0 Å². The molecule has 0 spiro atoms. The maximum atomic E-state index is 12.7. The van der Waals surface area contributed by atoms with Gasteiger partial charge in [0.2, 0.25) is 10.0 Å². The van der Waals surface area contributed by atoms with Crippen LogP contribution in [0, 0.1) is 0 Å². The highest BCUT2D eigenvalue weighted by Gasteiger charge is 2.33. The molecule has 2 rings (SSSR count). The first-order valence-electron chi connectivity index (χ1n) is 6.18. The van der Waals surface area contributed by atoms with E-state index < -0.39 is 10.0 Å². The lowest BCUT2D eigenvalue weighted by Crippen LogP contribution is -2.46. The van der Waals surface area contributed by atoms with Crippen molar-refractivity contribution >= 4 is 57.2 Å². The van der Waals surface area contributed by atoms with E-state index in [1.807, 2.05) is 7.05 Å². The van der Waals surface area contributed by atoms with Crippen molar-refractivity contribution in [2.75, 3.05) is 20.1 Å². The Labute approximate surface area is 146 Å². The topological polar surface area (TPSA) is 49.4 Å². The van der Waals surface area contributed by atoms with Gasteiger partial charge in [0.1, 0.15) is 4.90 Å². The van der Waals surface area contributed by atoms with Crippen molar-refractivity contribution in [2.45, 2.75) is 23.8 Å². The van der Waals surface area contributed by atoms with Gasteiger partial charge in [0.25, 0.3) is 0 Å². The zero-order valence-electron chi connectivity index (χ0n) is 11.3. The molecule has 0 saturated carbocycles. The van der Waals surface area contributed by atoms with Crippen LogP contribution in [0.25, 0.3) is 0 Å². The van der Waals surface area contributed by atoms with Gasteiger partial charge in [-0.15, -0.1) is 12.4 Å². The molecule has 0 bridgehead atoms. The van der Waals surface area contributed by atoms with Gasteiger partial charge in [-0.3, -0.25) is 0 Å². The largest absolute Gasteiger partial charge is 0.316 e. The third-order valence-electron chi connectivity index (χ3n) is 3.35. The number of nitrogens with one attached hydrogen (secondary N) is 1. The molecule has 1 unspecified atom stereocenters. The molecule has 1 heterocycles. The minimum Gasteiger partial charge on any atom is -0.316 e. The van der Waals surface area contributed by atoms with Crippen LogP contribution >= 0.6 is 47.2 Å². The number of piperidine rings is 1. The highest BCUT2D eigenvalue weighted by molar-refractivity contribution is 7.89. The van der Waals surface area contributed by atoms with E-state index in [4.69, 9.17) is 34.8 Å². The van der Waals surface area contributed by atoms with Crippen molar-refractivity contribution in [3.05, 3.63) is 27.2 Å². The summed E-state index contributed by atoms with van der Waals surface area (Å²) >= 11 is 17.9. The van der Waals surface area contributed by atoms with Gasteiger partial charge < -0.3 is 5.32 Å². The van der Waals surface area contributed by atoms with Crippen molar-refractivity contribution in [2.24, 2.45) is 0 Å². The minimum absolute atomic E-state index is 0. The maximum Gasteiger partial charge on any atom is 0.246 e. The van der Waals surface area contributed by atoms with Crippen LogP contribution in [-0.4, -0.2) is 38.9 Å². The molecule has 120 valence electrons. The van der Waals surface area contributed by atoms with E-state index >= 15 is 0 Å². The van der Waals surface area contributed by atoms with Gasteiger partial charge in [-0.2, -0.15) is 4.31 Å². The van der Waals surface area contributed by atoms with Crippen LogP contribution < -0.4 is 5.32 Å². The van der Waals surface area contributed by atoms with Gasteiger partial charge in [0.15, 0.2) is 0 Å². The highest BCUT2D eigenvalue weighted by Crippen LogP contribution is 2.35. The molecular formula is C12H16Cl4N2O2S. The van der Waals surface area contributed by atoms with Gasteiger partial charge >= 0.3 is 0 Å². The Kier molecular flexibility index (Phi) is 7.06. The van der Waals surface area contributed by atoms with Crippen LogP contribution in [0.1, 0.15) is 12.8 Å². The van der Waals surface area contributed by atoms with Gasteiger partial charge in [0.05, 0.1) is 10.0 Å². The third kappa shape index (κ3) is 4.16. The summed E-state index contributed by atoms with van der Waals surface area (Å²) in [6, 6.07) is 2.92. The Morgan fingerprint density at radius 3 is 2.33 bits per heavy atom. The molecule has 21 heavy (non-hydrogen) atoms. The summed E-state index contributed by atoms with van der Waals surface area (Å²) in [7, 11) is -1.89. The SMILES string of the molecule is CNC1CCCN(S(=O)(=O)c2c(Cl)cc(Cl)cc2Cl)C1.Cl. The molecule has 1 fully saturated rings. The van der Waals surface area contributed by atoms with Gasteiger partial charge in [-0.25, -0.2) is 8.42 Å². The second kappa shape index (κ2) is 7.68. The molecule has 1 aliphatic rings. The Bertz CT molecular complexity index is 586. The number of likely N-dealkylation sites (N-methyl/N-ethyl adjacent to an activating group) is 1. The number of nitrogens with zero attached hydrogens (tertiary/aromatic N) is 1. The summed E-state index contributed by atoms with van der Waals surface area (Å²) in [6.45, 7) is 0.879. The first kappa shape index (κ1) is 19.3. The molecule has 0 amide bonds. The number of benzene rings is 1. The molecule has 1 aromatic carbocycles. The standard InChI is InChI=1S/C12H15Cl3N2O2S.ClH/c1-16-9-3-2-4-17(7-9)20(18,19)12-10(14)5-8(13)6-11(12)15;/h5-6,9,16H,2-4,7H2,1H3;1H. The fourth-order valence-electron chi connectivity index (χ4n) is 2.30. The molecule has 1 aliphatic heterocycles.